The van der Waals surface area contributed by atoms with Gasteiger partial charge in [-0.1, -0.05) is 24.4 Å². The van der Waals surface area contributed by atoms with Gasteiger partial charge in [0, 0.05) is 11.1 Å². The van der Waals surface area contributed by atoms with Crippen molar-refractivity contribution in [2.75, 3.05) is 6.61 Å². The second-order valence-electron chi connectivity index (χ2n) is 7.96. The van der Waals surface area contributed by atoms with Crippen LogP contribution in [-0.2, 0) is 19.6 Å². The van der Waals surface area contributed by atoms with Crippen molar-refractivity contribution in [3.8, 4) is 0 Å². The average Bonchev–Trinajstić information content (AvgIpc) is 3.02. The van der Waals surface area contributed by atoms with Crippen LogP contribution in [0.2, 0.25) is 5.02 Å². The number of rotatable bonds is 6. The van der Waals surface area contributed by atoms with E-state index in [0.717, 1.165) is 12.8 Å². The van der Waals surface area contributed by atoms with Crippen molar-refractivity contribution in [3.05, 3.63) is 28.8 Å². The molecule has 0 radical (unpaired) electrons. The van der Waals surface area contributed by atoms with Crippen LogP contribution in [-0.4, -0.2) is 38.0 Å². The van der Waals surface area contributed by atoms with Crippen LogP contribution in [0.3, 0.4) is 0 Å². The molecule has 7 nitrogen and oxygen atoms in total. The average molecular weight is 431 g/mol. The zero-order valence-electron chi connectivity index (χ0n) is 16.6. The van der Waals surface area contributed by atoms with Crippen molar-refractivity contribution in [1.82, 2.24) is 10.0 Å². The van der Waals surface area contributed by atoms with Gasteiger partial charge in [-0.15, -0.1) is 0 Å². The Balaban J connectivity index is 2.33. The summed E-state index contributed by atoms with van der Waals surface area (Å²) < 4.78 is 32.9. The van der Waals surface area contributed by atoms with E-state index in [1.54, 1.807) is 27.7 Å². The number of hydrogen-bond donors (Lipinski definition) is 2. The van der Waals surface area contributed by atoms with Crippen LogP contribution in [0.4, 0.5) is 0 Å². The minimum absolute atomic E-state index is 0.00859. The molecule has 0 spiro atoms. The first-order valence-electron chi connectivity index (χ1n) is 9.23. The van der Waals surface area contributed by atoms with Gasteiger partial charge >= 0.3 is 5.97 Å². The van der Waals surface area contributed by atoms with Crippen molar-refractivity contribution in [3.63, 3.8) is 0 Å². The van der Waals surface area contributed by atoms with Crippen LogP contribution >= 0.6 is 11.6 Å². The molecule has 0 bridgehead atoms. The molecule has 1 saturated carbocycles. The normalized spacial score (nSPS) is 16.6. The highest BCUT2D eigenvalue weighted by molar-refractivity contribution is 7.89. The summed E-state index contributed by atoms with van der Waals surface area (Å²) in [5, 5.41) is 2.78. The third-order valence-corrected chi connectivity index (χ3v) is 6.64. The summed E-state index contributed by atoms with van der Waals surface area (Å²) in [4.78, 5) is 25.0. The predicted molar refractivity (Wildman–Crippen MR) is 107 cm³/mol. The molecule has 0 heterocycles. The summed E-state index contributed by atoms with van der Waals surface area (Å²) in [6, 6.07) is 4.01. The van der Waals surface area contributed by atoms with E-state index < -0.39 is 33.0 Å². The minimum Gasteiger partial charge on any atom is -0.464 e. The van der Waals surface area contributed by atoms with Crippen LogP contribution in [0.15, 0.2) is 23.1 Å². The molecule has 1 fully saturated rings. The molecule has 0 aliphatic heterocycles. The summed E-state index contributed by atoms with van der Waals surface area (Å²) in [5.41, 5.74) is -1.68. The highest BCUT2D eigenvalue weighted by Gasteiger charge is 2.44. The van der Waals surface area contributed by atoms with E-state index in [-0.39, 0.29) is 22.1 Å². The predicted octanol–water partition coefficient (Wildman–Crippen LogP) is 3.02. The van der Waals surface area contributed by atoms with Gasteiger partial charge in [-0.05, 0) is 58.7 Å². The van der Waals surface area contributed by atoms with Gasteiger partial charge in [0.05, 0.1) is 11.6 Å². The highest BCUT2D eigenvalue weighted by atomic mass is 35.5. The lowest BCUT2D eigenvalue weighted by molar-refractivity contribution is -0.150. The Hall–Kier alpha value is -1.64. The highest BCUT2D eigenvalue weighted by Crippen LogP contribution is 2.32. The monoisotopic (exact) mass is 430 g/mol. The van der Waals surface area contributed by atoms with Crippen LogP contribution in [0, 0.1) is 0 Å². The number of nitrogens with one attached hydrogen (secondary N) is 2. The SMILES string of the molecule is CCOC(=O)C1(NC(=O)c2ccc(Cl)c(S(=O)(=O)NC(C)(C)C)c2)CCCC1. The molecule has 0 atom stereocenters. The van der Waals surface area contributed by atoms with Gasteiger partial charge in [-0.2, -0.15) is 0 Å². The number of hydrogen-bond acceptors (Lipinski definition) is 5. The number of esters is 1. The molecule has 0 unspecified atom stereocenters. The first kappa shape index (κ1) is 22.6. The number of carbonyl (C=O) groups is 2. The molecule has 0 aromatic heterocycles. The summed E-state index contributed by atoms with van der Waals surface area (Å²) in [5.74, 6) is -1.00. The van der Waals surface area contributed by atoms with E-state index in [0.29, 0.717) is 12.8 Å². The van der Waals surface area contributed by atoms with Gasteiger partial charge < -0.3 is 10.1 Å². The van der Waals surface area contributed by atoms with E-state index in [4.69, 9.17) is 16.3 Å². The largest absolute Gasteiger partial charge is 0.464 e. The Bertz CT molecular complexity index is 856. The fourth-order valence-corrected chi connectivity index (χ4v) is 5.17. The number of sulfonamides is 1. The van der Waals surface area contributed by atoms with E-state index in [9.17, 15) is 18.0 Å². The van der Waals surface area contributed by atoms with Gasteiger partial charge in [-0.25, -0.2) is 17.9 Å². The Labute approximate surface area is 171 Å². The Morgan fingerprint density at radius 3 is 2.36 bits per heavy atom. The van der Waals surface area contributed by atoms with Crippen LogP contribution in [0.5, 0.6) is 0 Å². The second kappa shape index (κ2) is 8.39. The summed E-state index contributed by atoms with van der Waals surface area (Å²) in [6.45, 7) is 7.05. The summed E-state index contributed by atoms with van der Waals surface area (Å²) in [7, 11) is -3.93. The van der Waals surface area contributed by atoms with Gasteiger partial charge in [0.2, 0.25) is 10.0 Å². The molecule has 156 valence electrons. The maximum absolute atomic E-state index is 12.8. The Morgan fingerprint density at radius 1 is 1.21 bits per heavy atom. The second-order valence-corrected chi connectivity index (χ2v) is 10.0. The third kappa shape index (κ3) is 5.24. The fraction of sp³-hybridized carbons (Fsp3) is 0.579. The number of carbonyl (C=O) groups excluding carboxylic acids is 2. The molecule has 2 N–H and O–H groups in total. The molecule has 1 aliphatic carbocycles. The standard InChI is InChI=1S/C19H27ClN2O5S/c1-5-27-17(24)19(10-6-7-11-19)21-16(23)13-8-9-14(20)15(12-13)28(25,26)22-18(2,3)4/h8-9,12,22H,5-7,10-11H2,1-4H3,(H,21,23). The molecule has 1 aromatic rings. The molecule has 0 saturated heterocycles. The smallest absolute Gasteiger partial charge is 0.331 e. The van der Waals surface area contributed by atoms with E-state index in [2.05, 4.69) is 10.0 Å². The van der Waals surface area contributed by atoms with E-state index >= 15 is 0 Å². The lowest BCUT2D eigenvalue weighted by Gasteiger charge is -2.28. The molecule has 1 aliphatic rings. The first-order valence-corrected chi connectivity index (χ1v) is 11.1. The van der Waals surface area contributed by atoms with Crippen molar-refractivity contribution in [2.24, 2.45) is 0 Å². The lowest BCUT2D eigenvalue weighted by Crippen LogP contribution is -2.53. The van der Waals surface area contributed by atoms with Crippen LogP contribution < -0.4 is 10.0 Å². The Kier molecular flexibility index (Phi) is 6.78. The number of ether oxygens (including phenoxy) is 1. The third-order valence-electron chi connectivity index (χ3n) is 4.40. The van der Waals surface area contributed by atoms with Crippen molar-refractivity contribution >= 4 is 33.5 Å². The summed E-state index contributed by atoms with van der Waals surface area (Å²) >= 11 is 6.08. The van der Waals surface area contributed by atoms with Crippen LogP contribution in [0.25, 0.3) is 0 Å². The summed E-state index contributed by atoms with van der Waals surface area (Å²) in [6.07, 6.45) is 2.58. The topological polar surface area (TPSA) is 102 Å². The van der Waals surface area contributed by atoms with Gasteiger partial charge in [0.15, 0.2) is 0 Å². The molecule has 9 heteroatoms. The quantitative estimate of drug-likeness (QED) is 0.675. The van der Waals surface area contributed by atoms with Gasteiger partial charge in [0.1, 0.15) is 10.4 Å². The van der Waals surface area contributed by atoms with Gasteiger partial charge in [-0.3, -0.25) is 4.79 Å². The van der Waals surface area contributed by atoms with E-state index in [1.165, 1.54) is 18.2 Å². The van der Waals surface area contributed by atoms with Crippen LogP contribution in [0.1, 0.15) is 63.7 Å². The van der Waals surface area contributed by atoms with Gasteiger partial charge in [0.25, 0.3) is 5.91 Å². The zero-order chi connectivity index (χ0) is 21.2. The molecular formula is C19H27ClN2O5S. The number of halogens is 1. The maximum Gasteiger partial charge on any atom is 0.331 e. The van der Waals surface area contributed by atoms with Crippen molar-refractivity contribution in [1.29, 1.82) is 0 Å². The molecule has 28 heavy (non-hydrogen) atoms. The van der Waals surface area contributed by atoms with Crippen molar-refractivity contribution in [2.45, 2.75) is 69.4 Å². The molecule has 1 aromatic carbocycles. The Morgan fingerprint density at radius 2 is 1.82 bits per heavy atom. The minimum atomic E-state index is -3.93. The molecule has 1 amide bonds. The first-order chi connectivity index (χ1) is 12.9. The number of amides is 1. The zero-order valence-corrected chi connectivity index (χ0v) is 18.2. The molecular weight excluding hydrogens is 404 g/mol. The lowest BCUT2D eigenvalue weighted by atomic mass is 9.97. The fourth-order valence-electron chi connectivity index (χ4n) is 3.23. The number of benzene rings is 1. The van der Waals surface area contributed by atoms with Crippen molar-refractivity contribution < 1.29 is 22.7 Å². The van der Waals surface area contributed by atoms with E-state index in [1.807, 2.05) is 0 Å². The maximum atomic E-state index is 12.8. The molecule has 2 rings (SSSR count).